The Balaban J connectivity index is 2.20. The molecule has 1 saturated carbocycles. The third kappa shape index (κ3) is 1.60. The first-order valence-corrected chi connectivity index (χ1v) is 5.95. The van der Waals surface area contributed by atoms with Gasteiger partial charge in [0.15, 0.2) is 5.65 Å². The first kappa shape index (κ1) is 10.3. The highest BCUT2D eigenvalue weighted by molar-refractivity contribution is 5.67. The van der Waals surface area contributed by atoms with E-state index in [1.807, 2.05) is 0 Å². The molecule has 2 heterocycles. The molecule has 0 bridgehead atoms. The van der Waals surface area contributed by atoms with Gasteiger partial charge in [0, 0.05) is 6.04 Å². The summed E-state index contributed by atoms with van der Waals surface area (Å²) in [5, 5.41) is 0. The Kier molecular flexibility index (Phi) is 2.35. The quantitative estimate of drug-likeness (QED) is 0.769. The van der Waals surface area contributed by atoms with Crippen LogP contribution in [-0.2, 0) is 0 Å². The van der Waals surface area contributed by atoms with Crippen molar-refractivity contribution in [1.29, 1.82) is 0 Å². The van der Waals surface area contributed by atoms with Crippen molar-refractivity contribution >= 4 is 11.2 Å². The summed E-state index contributed by atoms with van der Waals surface area (Å²) in [5.41, 5.74) is 0.122. The SMILES string of the molecule is O=c1[nH]c2nc[nH]c2c(=O)n1C1CCCCC1. The summed E-state index contributed by atoms with van der Waals surface area (Å²) in [6.45, 7) is 0. The number of fused-ring (bicyclic) bond motifs is 1. The lowest BCUT2D eigenvalue weighted by atomic mass is 9.95. The molecule has 90 valence electrons. The summed E-state index contributed by atoms with van der Waals surface area (Å²) in [4.78, 5) is 33.4. The number of rotatable bonds is 1. The van der Waals surface area contributed by atoms with Crippen molar-refractivity contribution in [2.45, 2.75) is 38.1 Å². The zero-order valence-corrected chi connectivity index (χ0v) is 9.40. The molecule has 0 aromatic carbocycles. The van der Waals surface area contributed by atoms with Crippen LogP contribution in [0.2, 0.25) is 0 Å². The molecule has 1 aliphatic rings. The van der Waals surface area contributed by atoms with Crippen LogP contribution in [0.15, 0.2) is 15.9 Å². The Hall–Kier alpha value is -1.85. The van der Waals surface area contributed by atoms with Gasteiger partial charge in [-0.05, 0) is 12.8 Å². The zero-order valence-electron chi connectivity index (χ0n) is 9.40. The van der Waals surface area contributed by atoms with Gasteiger partial charge in [-0.2, -0.15) is 0 Å². The van der Waals surface area contributed by atoms with Crippen molar-refractivity contribution in [2.75, 3.05) is 0 Å². The molecule has 0 aliphatic heterocycles. The Labute approximate surface area is 96.7 Å². The fourth-order valence-corrected chi connectivity index (χ4v) is 2.60. The van der Waals surface area contributed by atoms with Gasteiger partial charge >= 0.3 is 5.69 Å². The Morgan fingerprint density at radius 2 is 2.00 bits per heavy atom. The molecule has 0 radical (unpaired) electrons. The second-order valence-electron chi connectivity index (χ2n) is 4.52. The molecule has 2 N–H and O–H groups in total. The summed E-state index contributed by atoms with van der Waals surface area (Å²) in [7, 11) is 0. The maximum absolute atomic E-state index is 12.2. The van der Waals surface area contributed by atoms with Gasteiger partial charge in [0.05, 0.1) is 6.33 Å². The maximum Gasteiger partial charge on any atom is 0.330 e. The average Bonchev–Trinajstić information content (AvgIpc) is 2.78. The van der Waals surface area contributed by atoms with Crippen LogP contribution >= 0.6 is 0 Å². The van der Waals surface area contributed by atoms with E-state index in [2.05, 4.69) is 15.0 Å². The fraction of sp³-hybridized carbons (Fsp3) is 0.545. The van der Waals surface area contributed by atoms with E-state index in [1.54, 1.807) is 0 Å². The summed E-state index contributed by atoms with van der Waals surface area (Å²) in [6, 6.07) is 0.0349. The van der Waals surface area contributed by atoms with Gasteiger partial charge in [-0.3, -0.25) is 14.3 Å². The first-order valence-electron chi connectivity index (χ1n) is 5.95. The van der Waals surface area contributed by atoms with Gasteiger partial charge in [0.1, 0.15) is 5.52 Å². The van der Waals surface area contributed by atoms with Crippen LogP contribution in [-0.4, -0.2) is 19.5 Å². The molecule has 6 heteroatoms. The molecular weight excluding hydrogens is 220 g/mol. The molecule has 0 saturated heterocycles. The van der Waals surface area contributed by atoms with Crippen LogP contribution in [0.5, 0.6) is 0 Å². The third-order valence-corrected chi connectivity index (χ3v) is 3.46. The second-order valence-corrected chi connectivity index (χ2v) is 4.52. The number of imidazole rings is 1. The molecule has 6 nitrogen and oxygen atoms in total. The molecule has 2 aromatic heterocycles. The Bertz CT molecular complexity index is 645. The van der Waals surface area contributed by atoms with Crippen LogP contribution in [0.1, 0.15) is 38.1 Å². The zero-order chi connectivity index (χ0) is 11.8. The minimum absolute atomic E-state index is 0.0349. The van der Waals surface area contributed by atoms with Crippen LogP contribution in [0, 0.1) is 0 Å². The fourth-order valence-electron chi connectivity index (χ4n) is 2.60. The van der Waals surface area contributed by atoms with E-state index in [-0.39, 0.29) is 17.3 Å². The van der Waals surface area contributed by atoms with Gasteiger partial charge in [0.25, 0.3) is 5.56 Å². The second kappa shape index (κ2) is 3.87. The third-order valence-electron chi connectivity index (χ3n) is 3.46. The standard InChI is InChI=1S/C11H14N4O2/c16-10-8-9(13-6-12-8)14-11(17)15(10)7-4-2-1-3-5-7/h6-7H,1-5H2,(H,12,13)(H,14,17). The van der Waals surface area contributed by atoms with E-state index in [4.69, 9.17) is 0 Å². The van der Waals surface area contributed by atoms with E-state index in [1.165, 1.54) is 17.3 Å². The lowest BCUT2D eigenvalue weighted by Gasteiger charge is -2.22. The summed E-state index contributed by atoms with van der Waals surface area (Å²) in [5.74, 6) is 0. The molecule has 17 heavy (non-hydrogen) atoms. The lowest BCUT2D eigenvalue weighted by molar-refractivity contribution is 0.338. The lowest BCUT2D eigenvalue weighted by Crippen LogP contribution is -2.38. The first-order chi connectivity index (χ1) is 8.27. The highest BCUT2D eigenvalue weighted by Gasteiger charge is 2.20. The average molecular weight is 234 g/mol. The number of nitrogens with zero attached hydrogens (tertiary/aromatic N) is 2. The van der Waals surface area contributed by atoms with Crippen LogP contribution < -0.4 is 11.2 Å². The van der Waals surface area contributed by atoms with Crippen LogP contribution in [0.4, 0.5) is 0 Å². The Morgan fingerprint density at radius 1 is 1.24 bits per heavy atom. The van der Waals surface area contributed by atoms with Crippen molar-refractivity contribution < 1.29 is 0 Å². The molecule has 1 fully saturated rings. The molecule has 0 atom stereocenters. The largest absolute Gasteiger partial charge is 0.339 e. The summed E-state index contributed by atoms with van der Waals surface area (Å²) >= 11 is 0. The number of nitrogens with one attached hydrogen (secondary N) is 2. The number of aromatic amines is 2. The molecule has 3 rings (SSSR count). The molecule has 0 amide bonds. The molecular formula is C11H14N4O2. The van der Waals surface area contributed by atoms with E-state index < -0.39 is 0 Å². The van der Waals surface area contributed by atoms with Crippen molar-refractivity contribution in [3.8, 4) is 0 Å². The van der Waals surface area contributed by atoms with Crippen molar-refractivity contribution in [3.63, 3.8) is 0 Å². The molecule has 0 spiro atoms. The predicted molar refractivity (Wildman–Crippen MR) is 63.1 cm³/mol. The van der Waals surface area contributed by atoms with Gasteiger partial charge in [0.2, 0.25) is 0 Å². The minimum atomic E-state index is -0.346. The van der Waals surface area contributed by atoms with E-state index in [0.717, 1.165) is 25.7 Å². The van der Waals surface area contributed by atoms with Crippen LogP contribution in [0.3, 0.4) is 0 Å². The monoisotopic (exact) mass is 234 g/mol. The highest BCUT2D eigenvalue weighted by atomic mass is 16.2. The maximum atomic E-state index is 12.2. The number of aromatic nitrogens is 4. The highest BCUT2D eigenvalue weighted by Crippen LogP contribution is 2.25. The topological polar surface area (TPSA) is 83.5 Å². The van der Waals surface area contributed by atoms with E-state index in [9.17, 15) is 9.59 Å². The number of hydrogen-bond donors (Lipinski definition) is 2. The van der Waals surface area contributed by atoms with Gasteiger partial charge in [-0.15, -0.1) is 0 Å². The van der Waals surface area contributed by atoms with Gasteiger partial charge in [-0.25, -0.2) is 9.78 Å². The predicted octanol–water partition coefficient (Wildman–Crippen LogP) is 0.918. The van der Waals surface area contributed by atoms with E-state index in [0.29, 0.717) is 11.2 Å². The van der Waals surface area contributed by atoms with Gasteiger partial charge < -0.3 is 4.98 Å². The number of hydrogen-bond acceptors (Lipinski definition) is 3. The Morgan fingerprint density at radius 3 is 2.76 bits per heavy atom. The van der Waals surface area contributed by atoms with Crippen molar-refractivity contribution in [2.24, 2.45) is 0 Å². The van der Waals surface area contributed by atoms with Gasteiger partial charge in [-0.1, -0.05) is 19.3 Å². The normalized spacial score (nSPS) is 17.6. The molecule has 2 aromatic rings. The minimum Gasteiger partial charge on any atom is -0.339 e. The molecule has 1 aliphatic carbocycles. The molecule has 0 unspecified atom stereocenters. The van der Waals surface area contributed by atoms with Crippen molar-refractivity contribution in [1.82, 2.24) is 19.5 Å². The summed E-state index contributed by atoms with van der Waals surface area (Å²) < 4.78 is 1.35. The van der Waals surface area contributed by atoms with E-state index >= 15 is 0 Å². The van der Waals surface area contributed by atoms with Crippen LogP contribution in [0.25, 0.3) is 11.2 Å². The summed E-state index contributed by atoms with van der Waals surface area (Å²) in [6.07, 6.45) is 6.59. The smallest absolute Gasteiger partial charge is 0.330 e. The van der Waals surface area contributed by atoms with Crippen molar-refractivity contribution in [3.05, 3.63) is 27.2 Å². The number of H-pyrrole nitrogens is 2.